The van der Waals surface area contributed by atoms with Crippen molar-refractivity contribution in [2.75, 3.05) is 13.1 Å². The van der Waals surface area contributed by atoms with Crippen LogP contribution in [-0.4, -0.2) is 13.1 Å². The predicted molar refractivity (Wildman–Crippen MR) is 55.3 cm³/mol. The van der Waals surface area contributed by atoms with Gasteiger partial charge in [0.05, 0.1) is 0 Å². The highest BCUT2D eigenvalue weighted by Crippen LogP contribution is 2.14. The second-order valence-electron chi connectivity index (χ2n) is 3.74. The van der Waals surface area contributed by atoms with Gasteiger partial charge in [-0.3, -0.25) is 0 Å². The first-order chi connectivity index (χ1) is 6.45. The van der Waals surface area contributed by atoms with E-state index in [2.05, 4.69) is 22.8 Å². The van der Waals surface area contributed by atoms with Gasteiger partial charge in [-0.1, -0.05) is 12.2 Å². The van der Waals surface area contributed by atoms with Gasteiger partial charge in [0, 0.05) is 24.5 Å². The summed E-state index contributed by atoms with van der Waals surface area (Å²) in [4.78, 5) is 0. The molecule has 0 bridgehead atoms. The van der Waals surface area contributed by atoms with Crippen LogP contribution >= 0.6 is 0 Å². The quantitative estimate of drug-likeness (QED) is 0.687. The molecule has 2 heteroatoms. The molecule has 2 aliphatic rings. The molecular formula is C11H18N2. The molecule has 72 valence electrons. The average molecular weight is 178 g/mol. The van der Waals surface area contributed by atoms with Crippen LogP contribution in [-0.2, 0) is 0 Å². The van der Waals surface area contributed by atoms with Gasteiger partial charge in [-0.2, -0.15) is 0 Å². The molecular weight excluding hydrogens is 160 g/mol. The maximum absolute atomic E-state index is 3.40. The van der Waals surface area contributed by atoms with Crippen LogP contribution in [0.3, 0.4) is 0 Å². The lowest BCUT2D eigenvalue weighted by Gasteiger charge is -2.05. The molecule has 0 atom stereocenters. The zero-order chi connectivity index (χ0) is 8.93. The standard InChI is InChI=1S/C11H18N2/c1(4-10-6-2-8-12-10)5-11-7-3-9-13-11/h6-7,12-13H,1-5,8-9H2. The first-order valence-electron chi connectivity index (χ1n) is 5.31. The van der Waals surface area contributed by atoms with E-state index in [-0.39, 0.29) is 0 Å². The summed E-state index contributed by atoms with van der Waals surface area (Å²) in [5, 5.41) is 6.81. The average Bonchev–Trinajstić information content (AvgIpc) is 2.75. The molecule has 0 aromatic carbocycles. The maximum atomic E-state index is 3.40. The summed E-state index contributed by atoms with van der Waals surface area (Å²) in [5.41, 5.74) is 2.91. The molecule has 0 saturated carbocycles. The van der Waals surface area contributed by atoms with E-state index in [1.807, 2.05) is 0 Å². The van der Waals surface area contributed by atoms with Crippen molar-refractivity contribution in [1.82, 2.24) is 10.6 Å². The van der Waals surface area contributed by atoms with Crippen molar-refractivity contribution in [3.63, 3.8) is 0 Å². The van der Waals surface area contributed by atoms with E-state index >= 15 is 0 Å². The molecule has 0 aromatic rings. The van der Waals surface area contributed by atoms with Crippen LogP contribution in [0.5, 0.6) is 0 Å². The Hall–Kier alpha value is -0.920. The lowest BCUT2D eigenvalue weighted by atomic mass is 10.1. The minimum atomic E-state index is 1.15. The van der Waals surface area contributed by atoms with Crippen molar-refractivity contribution in [2.24, 2.45) is 0 Å². The third kappa shape index (κ3) is 2.51. The van der Waals surface area contributed by atoms with E-state index in [0.29, 0.717) is 0 Å². The molecule has 2 rings (SSSR count). The van der Waals surface area contributed by atoms with E-state index in [0.717, 1.165) is 13.1 Å². The summed E-state index contributed by atoms with van der Waals surface area (Å²) >= 11 is 0. The van der Waals surface area contributed by atoms with Gasteiger partial charge in [-0.05, 0) is 32.1 Å². The fraction of sp³-hybridized carbons (Fsp3) is 0.636. The summed E-state index contributed by atoms with van der Waals surface area (Å²) in [6.45, 7) is 2.30. The number of hydrogen-bond donors (Lipinski definition) is 2. The Morgan fingerprint density at radius 1 is 0.923 bits per heavy atom. The monoisotopic (exact) mass is 178 g/mol. The van der Waals surface area contributed by atoms with Crippen LogP contribution < -0.4 is 10.6 Å². The zero-order valence-corrected chi connectivity index (χ0v) is 8.10. The van der Waals surface area contributed by atoms with Crippen LogP contribution in [0, 0.1) is 0 Å². The third-order valence-corrected chi connectivity index (χ3v) is 2.67. The maximum Gasteiger partial charge on any atom is 0.0179 e. The van der Waals surface area contributed by atoms with E-state index in [1.54, 1.807) is 0 Å². The summed E-state index contributed by atoms with van der Waals surface area (Å²) in [6.07, 6.45) is 10.8. The van der Waals surface area contributed by atoms with Gasteiger partial charge in [0.1, 0.15) is 0 Å². The van der Waals surface area contributed by atoms with Crippen LogP contribution in [0.25, 0.3) is 0 Å². The smallest absolute Gasteiger partial charge is 0.0179 e. The molecule has 0 saturated heterocycles. The van der Waals surface area contributed by atoms with E-state index in [9.17, 15) is 0 Å². The first kappa shape index (κ1) is 8.67. The van der Waals surface area contributed by atoms with Crippen molar-refractivity contribution in [2.45, 2.75) is 32.1 Å². The molecule has 0 unspecified atom stereocenters. The summed E-state index contributed by atoms with van der Waals surface area (Å²) in [7, 11) is 0. The highest BCUT2D eigenvalue weighted by Gasteiger charge is 2.05. The second kappa shape index (κ2) is 4.35. The Morgan fingerprint density at radius 3 is 1.85 bits per heavy atom. The lowest BCUT2D eigenvalue weighted by molar-refractivity contribution is 0.716. The Balaban J connectivity index is 1.63. The van der Waals surface area contributed by atoms with Gasteiger partial charge < -0.3 is 10.6 Å². The lowest BCUT2D eigenvalue weighted by Crippen LogP contribution is -2.09. The molecule has 2 heterocycles. The minimum absolute atomic E-state index is 1.15. The van der Waals surface area contributed by atoms with Crippen LogP contribution in [0.4, 0.5) is 0 Å². The third-order valence-electron chi connectivity index (χ3n) is 2.67. The molecule has 2 nitrogen and oxygen atoms in total. The van der Waals surface area contributed by atoms with E-state index in [4.69, 9.17) is 0 Å². The first-order valence-corrected chi connectivity index (χ1v) is 5.31. The fourth-order valence-electron chi connectivity index (χ4n) is 1.95. The van der Waals surface area contributed by atoms with Gasteiger partial charge in [0.15, 0.2) is 0 Å². The Kier molecular flexibility index (Phi) is 2.90. The van der Waals surface area contributed by atoms with Crippen molar-refractivity contribution in [3.8, 4) is 0 Å². The molecule has 2 aliphatic heterocycles. The van der Waals surface area contributed by atoms with E-state index in [1.165, 1.54) is 43.5 Å². The van der Waals surface area contributed by atoms with Crippen molar-refractivity contribution in [1.29, 1.82) is 0 Å². The van der Waals surface area contributed by atoms with Crippen molar-refractivity contribution < 1.29 is 0 Å². The Bertz CT molecular complexity index is 204. The van der Waals surface area contributed by atoms with Gasteiger partial charge >= 0.3 is 0 Å². The van der Waals surface area contributed by atoms with Crippen LogP contribution in [0.15, 0.2) is 23.5 Å². The molecule has 2 N–H and O–H groups in total. The normalized spacial score (nSPS) is 20.6. The van der Waals surface area contributed by atoms with Gasteiger partial charge in [0.2, 0.25) is 0 Å². The molecule has 0 aliphatic carbocycles. The minimum Gasteiger partial charge on any atom is -0.388 e. The number of hydrogen-bond acceptors (Lipinski definition) is 2. The van der Waals surface area contributed by atoms with Gasteiger partial charge in [-0.15, -0.1) is 0 Å². The fourth-order valence-corrected chi connectivity index (χ4v) is 1.95. The second-order valence-corrected chi connectivity index (χ2v) is 3.74. The highest BCUT2D eigenvalue weighted by molar-refractivity contribution is 5.08. The van der Waals surface area contributed by atoms with Crippen LogP contribution in [0.2, 0.25) is 0 Å². The molecule has 0 aromatic heterocycles. The Labute approximate surface area is 80.1 Å². The van der Waals surface area contributed by atoms with Crippen LogP contribution in [0.1, 0.15) is 32.1 Å². The highest BCUT2D eigenvalue weighted by atomic mass is 14.9. The largest absolute Gasteiger partial charge is 0.388 e. The molecule has 0 amide bonds. The summed E-state index contributed by atoms with van der Waals surface area (Å²) in [6, 6.07) is 0. The summed E-state index contributed by atoms with van der Waals surface area (Å²) in [5.74, 6) is 0. The molecule has 0 fully saturated rings. The molecule has 0 spiro atoms. The predicted octanol–water partition coefficient (Wildman–Crippen LogP) is 1.91. The van der Waals surface area contributed by atoms with Crippen molar-refractivity contribution >= 4 is 0 Å². The van der Waals surface area contributed by atoms with E-state index < -0.39 is 0 Å². The molecule has 13 heavy (non-hydrogen) atoms. The number of allylic oxidation sites excluding steroid dienone is 2. The number of rotatable bonds is 4. The number of nitrogens with one attached hydrogen (secondary N) is 2. The Morgan fingerprint density at radius 2 is 1.46 bits per heavy atom. The molecule has 0 radical (unpaired) electrons. The van der Waals surface area contributed by atoms with Gasteiger partial charge in [0.25, 0.3) is 0 Å². The topological polar surface area (TPSA) is 24.1 Å². The van der Waals surface area contributed by atoms with Gasteiger partial charge in [-0.25, -0.2) is 0 Å². The summed E-state index contributed by atoms with van der Waals surface area (Å²) < 4.78 is 0. The van der Waals surface area contributed by atoms with Crippen molar-refractivity contribution in [3.05, 3.63) is 23.5 Å². The SMILES string of the molecule is C1=C(CCCC2=CCCN2)NCC1. The zero-order valence-electron chi connectivity index (χ0n) is 8.10.